The van der Waals surface area contributed by atoms with Crippen molar-refractivity contribution in [1.29, 1.82) is 0 Å². The van der Waals surface area contributed by atoms with Gasteiger partial charge in [0.15, 0.2) is 5.78 Å². The van der Waals surface area contributed by atoms with Crippen molar-refractivity contribution in [2.45, 2.75) is 13.8 Å². The summed E-state index contributed by atoms with van der Waals surface area (Å²) in [6.45, 7) is 3.39. The van der Waals surface area contributed by atoms with Crippen LogP contribution in [-0.4, -0.2) is 22.9 Å². The maximum atomic E-state index is 11.4. The number of carbonyl (C=O) groups excluding carboxylic acids is 1. The number of benzene rings is 2. The molecule has 0 aliphatic carbocycles. The van der Waals surface area contributed by atoms with Crippen LogP contribution >= 0.6 is 0 Å². The molecule has 0 bridgehead atoms. The molecule has 6 nitrogen and oxygen atoms in total. The molecule has 1 heterocycles. The predicted octanol–water partition coefficient (Wildman–Crippen LogP) is 4.48. The second kappa shape index (κ2) is 7.65. The van der Waals surface area contributed by atoms with Crippen molar-refractivity contribution in [3.63, 3.8) is 0 Å². The minimum absolute atomic E-state index is 0.0420. The molecule has 0 radical (unpaired) electrons. The summed E-state index contributed by atoms with van der Waals surface area (Å²) in [6.07, 6.45) is 0. The van der Waals surface area contributed by atoms with E-state index in [4.69, 9.17) is 4.74 Å². The lowest BCUT2D eigenvalue weighted by Gasteiger charge is -2.11. The van der Waals surface area contributed by atoms with Crippen molar-refractivity contribution in [3.8, 4) is 5.75 Å². The molecule has 3 rings (SSSR count). The lowest BCUT2D eigenvalue weighted by atomic mass is 10.1. The first-order valence-corrected chi connectivity index (χ1v) is 8.18. The van der Waals surface area contributed by atoms with E-state index in [2.05, 4.69) is 20.6 Å². The highest BCUT2D eigenvalue weighted by Gasteiger charge is 2.05. The molecule has 0 aliphatic heterocycles. The monoisotopic (exact) mass is 348 g/mol. The molecule has 0 spiro atoms. The Balaban J connectivity index is 1.77. The van der Waals surface area contributed by atoms with Gasteiger partial charge < -0.3 is 15.4 Å². The highest BCUT2D eigenvalue weighted by atomic mass is 16.5. The van der Waals surface area contributed by atoms with Gasteiger partial charge in [-0.05, 0) is 62.4 Å². The third kappa shape index (κ3) is 4.36. The minimum Gasteiger partial charge on any atom is -0.497 e. The van der Waals surface area contributed by atoms with E-state index in [-0.39, 0.29) is 5.78 Å². The van der Waals surface area contributed by atoms with Gasteiger partial charge in [-0.3, -0.25) is 4.79 Å². The molecule has 0 amide bonds. The summed E-state index contributed by atoms with van der Waals surface area (Å²) in [5, 5.41) is 6.49. The normalized spacial score (nSPS) is 10.3. The van der Waals surface area contributed by atoms with Gasteiger partial charge >= 0.3 is 0 Å². The topological polar surface area (TPSA) is 76.1 Å². The number of Topliss-reactive ketones (excluding diaryl/α,β-unsaturated/α-hetero) is 1. The van der Waals surface area contributed by atoms with E-state index in [9.17, 15) is 4.79 Å². The number of nitrogens with one attached hydrogen (secondary N) is 2. The summed E-state index contributed by atoms with van der Waals surface area (Å²) < 4.78 is 5.16. The first kappa shape index (κ1) is 17.4. The fourth-order valence-corrected chi connectivity index (χ4v) is 2.45. The fraction of sp³-hybridized carbons (Fsp3) is 0.150. The molecule has 0 aliphatic rings. The average molecular weight is 348 g/mol. The van der Waals surface area contributed by atoms with Crippen molar-refractivity contribution < 1.29 is 9.53 Å². The summed E-state index contributed by atoms with van der Waals surface area (Å²) in [5.41, 5.74) is 2.43. The van der Waals surface area contributed by atoms with E-state index in [1.165, 1.54) is 0 Å². The number of aryl methyl sites for hydroxylation is 1. The van der Waals surface area contributed by atoms with Crippen LogP contribution in [0.2, 0.25) is 0 Å². The number of methoxy groups -OCH3 is 1. The molecular weight excluding hydrogens is 328 g/mol. The van der Waals surface area contributed by atoms with Crippen molar-refractivity contribution in [2.24, 2.45) is 0 Å². The van der Waals surface area contributed by atoms with Gasteiger partial charge in [-0.25, -0.2) is 9.97 Å². The van der Waals surface area contributed by atoms with E-state index < -0.39 is 0 Å². The Labute approximate surface area is 152 Å². The van der Waals surface area contributed by atoms with E-state index in [1.807, 2.05) is 49.4 Å². The number of hydrogen-bond acceptors (Lipinski definition) is 6. The maximum absolute atomic E-state index is 11.4. The summed E-state index contributed by atoms with van der Waals surface area (Å²) in [5.74, 6) is 2.84. The molecule has 6 heteroatoms. The lowest BCUT2D eigenvalue weighted by molar-refractivity contribution is 0.101. The number of anilines is 4. The summed E-state index contributed by atoms with van der Waals surface area (Å²) in [7, 11) is 1.64. The van der Waals surface area contributed by atoms with E-state index in [0.29, 0.717) is 23.0 Å². The van der Waals surface area contributed by atoms with Crippen molar-refractivity contribution in [1.82, 2.24) is 9.97 Å². The lowest BCUT2D eigenvalue weighted by Crippen LogP contribution is -2.02. The van der Waals surface area contributed by atoms with E-state index in [0.717, 1.165) is 17.1 Å². The third-order valence-corrected chi connectivity index (χ3v) is 3.76. The predicted molar refractivity (Wildman–Crippen MR) is 103 cm³/mol. The van der Waals surface area contributed by atoms with Gasteiger partial charge in [-0.1, -0.05) is 0 Å². The number of aromatic nitrogens is 2. The minimum atomic E-state index is 0.0420. The SMILES string of the molecule is COc1ccc(Nc2cc(Nc3ccc(C(C)=O)cc3)nc(C)n2)cc1. The number of nitrogens with zero attached hydrogens (tertiary/aromatic N) is 2. The Kier molecular flexibility index (Phi) is 5.12. The molecule has 2 aromatic carbocycles. The molecule has 132 valence electrons. The van der Waals surface area contributed by atoms with Gasteiger partial charge in [0.1, 0.15) is 23.2 Å². The average Bonchev–Trinajstić information content (AvgIpc) is 2.62. The van der Waals surface area contributed by atoms with Crippen LogP contribution in [0.4, 0.5) is 23.0 Å². The largest absolute Gasteiger partial charge is 0.497 e. The summed E-state index contributed by atoms with van der Waals surface area (Å²) in [6, 6.07) is 16.7. The Bertz CT molecular complexity index is 906. The fourth-order valence-electron chi connectivity index (χ4n) is 2.45. The van der Waals surface area contributed by atoms with Gasteiger partial charge in [0.05, 0.1) is 7.11 Å². The zero-order valence-corrected chi connectivity index (χ0v) is 14.9. The Morgan fingerprint density at radius 1 is 0.885 bits per heavy atom. The summed E-state index contributed by atoms with van der Waals surface area (Å²) >= 11 is 0. The molecule has 0 atom stereocenters. The Morgan fingerprint density at radius 3 is 1.85 bits per heavy atom. The Morgan fingerprint density at radius 2 is 1.38 bits per heavy atom. The van der Waals surface area contributed by atoms with Crippen LogP contribution < -0.4 is 15.4 Å². The van der Waals surface area contributed by atoms with Gasteiger partial charge in [0.25, 0.3) is 0 Å². The van der Waals surface area contributed by atoms with Crippen molar-refractivity contribution in [3.05, 3.63) is 66.0 Å². The molecule has 0 unspecified atom stereocenters. The molecule has 2 N–H and O–H groups in total. The molecule has 26 heavy (non-hydrogen) atoms. The van der Waals surface area contributed by atoms with E-state index >= 15 is 0 Å². The first-order chi connectivity index (χ1) is 12.5. The van der Waals surface area contributed by atoms with Crippen LogP contribution in [0.1, 0.15) is 23.1 Å². The number of ether oxygens (including phenoxy) is 1. The maximum Gasteiger partial charge on any atom is 0.159 e. The molecular formula is C20H20N4O2. The number of ketones is 1. The van der Waals surface area contributed by atoms with Crippen LogP contribution in [0.15, 0.2) is 54.6 Å². The quantitative estimate of drug-likeness (QED) is 0.640. The second-order valence-electron chi connectivity index (χ2n) is 5.80. The van der Waals surface area contributed by atoms with Gasteiger partial charge in [0.2, 0.25) is 0 Å². The van der Waals surface area contributed by atoms with Crippen LogP contribution in [0.5, 0.6) is 5.75 Å². The second-order valence-corrected chi connectivity index (χ2v) is 5.80. The van der Waals surface area contributed by atoms with Crippen molar-refractivity contribution >= 4 is 28.8 Å². The molecule has 0 saturated heterocycles. The standard InChI is InChI=1S/C20H20N4O2/c1-13(25)15-4-6-16(7-5-15)23-19-12-20(22-14(2)21-19)24-17-8-10-18(26-3)11-9-17/h4-12H,1-3H3,(H2,21,22,23,24). The van der Waals surface area contributed by atoms with Crippen LogP contribution in [-0.2, 0) is 0 Å². The number of hydrogen-bond donors (Lipinski definition) is 2. The van der Waals surface area contributed by atoms with Crippen LogP contribution in [0.3, 0.4) is 0 Å². The highest BCUT2D eigenvalue weighted by Crippen LogP contribution is 2.22. The smallest absolute Gasteiger partial charge is 0.159 e. The van der Waals surface area contributed by atoms with Crippen LogP contribution in [0.25, 0.3) is 0 Å². The van der Waals surface area contributed by atoms with E-state index in [1.54, 1.807) is 26.2 Å². The number of rotatable bonds is 6. The zero-order valence-electron chi connectivity index (χ0n) is 14.9. The first-order valence-electron chi connectivity index (χ1n) is 8.18. The molecule has 3 aromatic rings. The third-order valence-electron chi connectivity index (χ3n) is 3.76. The Hall–Kier alpha value is -3.41. The zero-order chi connectivity index (χ0) is 18.5. The molecule has 0 fully saturated rings. The van der Waals surface area contributed by atoms with Gasteiger partial charge in [-0.15, -0.1) is 0 Å². The number of carbonyl (C=O) groups is 1. The van der Waals surface area contributed by atoms with Gasteiger partial charge in [0, 0.05) is 23.0 Å². The molecule has 1 aromatic heterocycles. The highest BCUT2D eigenvalue weighted by molar-refractivity contribution is 5.94. The van der Waals surface area contributed by atoms with Crippen molar-refractivity contribution in [2.75, 3.05) is 17.7 Å². The van der Waals surface area contributed by atoms with Crippen LogP contribution in [0, 0.1) is 6.92 Å². The molecule has 0 saturated carbocycles. The summed E-state index contributed by atoms with van der Waals surface area (Å²) in [4.78, 5) is 20.2. The van der Waals surface area contributed by atoms with Gasteiger partial charge in [-0.2, -0.15) is 0 Å².